The largest absolute Gasteiger partial charge is 0.497 e. The van der Waals surface area contributed by atoms with Crippen molar-refractivity contribution < 1.29 is 9.53 Å². The van der Waals surface area contributed by atoms with Crippen LogP contribution in [0.25, 0.3) is 0 Å². The van der Waals surface area contributed by atoms with Crippen LogP contribution in [0.2, 0.25) is 0 Å². The van der Waals surface area contributed by atoms with E-state index in [1.54, 1.807) is 7.11 Å². The molecule has 108 valence electrons. The third kappa shape index (κ3) is 2.56. The van der Waals surface area contributed by atoms with Crippen LogP contribution >= 0.6 is 15.9 Å². The van der Waals surface area contributed by atoms with Gasteiger partial charge in [0.25, 0.3) is 5.91 Å². The number of halogens is 1. The number of carbonyl (C=O) groups excluding carboxylic acids is 1. The van der Waals surface area contributed by atoms with Crippen molar-refractivity contribution in [2.24, 2.45) is 0 Å². The molecule has 0 N–H and O–H groups in total. The topological polar surface area (TPSA) is 29.5 Å². The van der Waals surface area contributed by atoms with E-state index in [-0.39, 0.29) is 11.9 Å². The van der Waals surface area contributed by atoms with Crippen molar-refractivity contribution in [3.8, 4) is 5.75 Å². The summed E-state index contributed by atoms with van der Waals surface area (Å²) < 4.78 is 6.18. The van der Waals surface area contributed by atoms with Gasteiger partial charge in [-0.05, 0) is 61.4 Å². The molecule has 1 heterocycles. The molecular formula is C17H16BrNO2. The van der Waals surface area contributed by atoms with Gasteiger partial charge in [0.1, 0.15) is 5.75 Å². The van der Waals surface area contributed by atoms with E-state index in [1.807, 2.05) is 41.3 Å². The van der Waals surface area contributed by atoms with Crippen LogP contribution < -0.4 is 9.64 Å². The molecule has 0 saturated heterocycles. The Labute approximate surface area is 132 Å². The van der Waals surface area contributed by atoms with E-state index < -0.39 is 0 Å². The lowest BCUT2D eigenvalue weighted by molar-refractivity contribution is 0.0981. The number of anilines is 1. The lowest BCUT2D eigenvalue weighted by Gasteiger charge is -2.23. The second-order valence-corrected chi connectivity index (χ2v) is 6.15. The van der Waals surface area contributed by atoms with Gasteiger partial charge in [-0.2, -0.15) is 0 Å². The zero-order chi connectivity index (χ0) is 15.0. The zero-order valence-electron chi connectivity index (χ0n) is 12.0. The maximum atomic E-state index is 12.8. The summed E-state index contributed by atoms with van der Waals surface area (Å²) in [7, 11) is 1.62. The number of benzene rings is 2. The Balaban J connectivity index is 1.94. The molecule has 0 spiro atoms. The molecule has 3 nitrogen and oxygen atoms in total. The summed E-state index contributed by atoms with van der Waals surface area (Å²) in [4.78, 5) is 14.7. The Hall–Kier alpha value is -1.81. The summed E-state index contributed by atoms with van der Waals surface area (Å²) in [6.45, 7) is 2.08. The highest BCUT2D eigenvalue weighted by Gasteiger charge is 2.31. The van der Waals surface area contributed by atoms with Crippen molar-refractivity contribution in [1.29, 1.82) is 0 Å². The number of amides is 1. The predicted octanol–water partition coefficient (Wildman–Crippen LogP) is 4.05. The van der Waals surface area contributed by atoms with Gasteiger partial charge in [-0.25, -0.2) is 0 Å². The van der Waals surface area contributed by atoms with Crippen LogP contribution in [-0.2, 0) is 6.42 Å². The first kappa shape index (κ1) is 14.1. The summed E-state index contributed by atoms with van der Waals surface area (Å²) in [5.41, 5.74) is 2.89. The SMILES string of the molecule is COc1ccc(C(=O)N2c3ccc(Br)cc3C[C@@H]2C)cc1. The number of rotatable bonds is 2. The summed E-state index contributed by atoms with van der Waals surface area (Å²) in [6.07, 6.45) is 0.886. The Kier molecular flexibility index (Phi) is 3.72. The van der Waals surface area contributed by atoms with Crippen molar-refractivity contribution in [2.45, 2.75) is 19.4 Å². The monoisotopic (exact) mass is 345 g/mol. The number of hydrogen-bond acceptors (Lipinski definition) is 2. The number of hydrogen-bond donors (Lipinski definition) is 0. The fourth-order valence-electron chi connectivity index (χ4n) is 2.78. The van der Waals surface area contributed by atoms with Gasteiger partial charge in [0.15, 0.2) is 0 Å². The molecule has 0 aromatic heterocycles. The van der Waals surface area contributed by atoms with Crippen molar-refractivity contribution in [2.75, 3.05) is 12.0 Å². The lowest BCUT2D eigenvalue weighted by atomic mass is 10.1. The highest BCUT2D eigenvalue weighted by Crippen LogP contribution is 2.35. The third-order valence-electron chi connectivity index (χ3n) is 3.81. The number of ether oxygens (including phenoxy) is 1. The minimum absolute atomic E-state index is 0.0335. The Morgan fingerprint density at radius 1 is 1.24 bits per heavy atom. The second kappa shape index (κ2) is 5.53. The van der Waals surface area contributed by atoms with Crippen LogP contribution in [0.5, 0.6) is 5.75 Å². The lowest BCUT2D eigenvalue weighted by Crippen LogP contribution is -2.35. The van der Waals surface area contributed by atoms with Gasteiger partial charge in [0, 0.05) is 21.8 Å². The fourth-order valence-corrected chi connectivity index (χ4v) is 3.19. The van der Waals surface area contributed by atoms with Crippen molar-refractivity contribution in [3.05, 3.63) is 58.1 Å². The molecule has 0 radical (unpaired) electrons. The number of fused-ring (bicyclic) bond motifs is 1. The van der Waals surface area contributed by atoms with Gasteiger partial charge in [-0.3, -0.25) is 4.79 Å². The van der Waals surface area contributed by atoms with Crippen LogP contribution in [0.15, 0.2) is 46.9 Å². The standard InChI is InChI=1S/C17H16BrNO2/c1-11-9-13-10-14(18)5-8-16(13)19(11)17(20)12-3-6-15(21-2)7-4-12/h3-8,10-11H,9H2,1-2H3/t11-/m0/s1. The quantitative estimate of drug-likeness (QED) is 0.821. The van der Waals surface area contributed by atoms with E-state index in [9.17, 15) is 4.79 Å². The van der Waals surface area contributed by atoms with Crippen LogP contribution in [-0.4, -0.2) is 19.1 Å². The normalized spacial score (nSPS) is 16.7. The maximum absolute atomic E-state index is 12.8. The Bertz CT molecular complexity index is 682. The minimum Gasteiger partial charge on any atom is -0.497 e. The molecule has 4 heteroatoms. The number of nitrogens with zero attached hydrogens (tertiary/aromatic N) is 1. The Morgan fingerprint density at radius 2 is 1.95 bits per heavy atom. The van der Waals surface area contributed by atoms with Gasteiger partial charge in [0.2, 0.25) is 0 Å². The van der Waals surface area contributed by atoms with Gasteiger partial charge in [-0.1, -0.05) is 15.9 Å². The van der Waals surface area contributed by atoms with E-state index in [4.69, 9.17) is 4.74 Å². The molecule has 21 heavy (non-hydrogen) atoms. The van der Waals surface area contributed by atoms with E-state index in [0.29, 0.717) is 5.56 Å². The molecule has 0 saturated carbocycles. The molecule has 3 rings (SSSR count). The van der Waals surface area contributed by atoms with Crippen molar-refractivity contribution in [3.63, 3.8) is 0 Å². The zero-order valence-corrected chi connectivity index (χ0v) is 13.6. The van der Waals surface area contributed by atoms with Crippen LogP contribution in [0, 0.1) is 0 Å². The molecule has 1 aliphatic rings. The maximum Gasteiger partial charge on any atom is 0.258 e. The summed E-state index contributed by atoms with van der Waals surface area (Å²) in [5, 5.41) is 0. The summed E-state index contributed by atoms with van der Waals surface area (Å²) in [5.74, 6) is 0.788. The molecule has 0 bridgehead atoms. The van der Waals surface area contributed by atoms with E-state index >= 15 is 0 Å². The fraction of sp³-hybridized carbons (Fsp3) is 0.235. The number of methoxy groups -OCH3 is 1. The first-order valence-corrected chi connectivity index (χ1v) is 7.65. The smallest absolute Gasteiger partial charge is 0.258 e. The molecule has 0 fully saturated rings. The molecule has 0 aliphatic carbocycles. The van der Waals surface area contributed by atoms with Crippen molar-refractivity contribution >= 4 is 27.5 Å². The van der Waals surface area contributed by atoms with E-state index in [1.165, 1.54) is 5.56 Å². The van der Waals surface area contributed by atoms with Gasteiger partial charge in [-0.15, -0.1) is 0 Å². The van der Waals surface area contributed by atoms with E-state index in [0.717, 1.165) is 22.3 Å². The summed E-state index contributed by atoms with van der Waals surface area (Å²) in [6, 6.07) is 13.5. The predicted molar refractivity (Wildman–Crippen MR) is 87.1 cm³/mol. The molecular weight excluding hydrogens is 330 g/mol. The molecule has 2 aromatic carbocycles. The van der Waals surface area contributed by atoms with Gasteiger partial charge in [0.05, 0.1) is 7.11 Å². The van der Waals surface area contributed by atoms with Crippen LogP contribution in [0.3, 0.4) is 0 Å². The Morgan fingerprint density at radius 3 is 2.62 bits per heavy atom. The third-order valence-corrected chi connectivity index (χ3v) is 4.31. The van der Waals surface area contributed by atoms with Crippen molar-refractivity contribution in [1.82, 2.24) is 0 Å². The van der Waals surface area contributed by atoms with Crippen LogP contribution in [0.1, 0.15) is 22.8 Å². The number of carbonyl (C=O) groups is 1. The average Bonchev–Trinajstić information content (AvgIpc) is 2.81. The average molecular weight is 346 g/mol. The molecule has 2 aromatic rings. The van der Waals surface area contributed by atoms with Gasteiger partial charge >= 0.3 is 0 Å². The molecule has 1 amide bonds. The van der Waals surface area contributed by atoms with Crippen LogP contribution in [0.4, 0.5) is 5.69 Å². The summed E-state index contributed by atoms with van der Waals surface area (Å²) >= 11 is 3.49. The highest BCUT2D eigenvalue weighted by atomic mass is 79.9. The second-order valence-electron chi connectivity index (χ2n) is 5.23. The molecule has 1 atom stereocenters. The first-order chi connectivity index (χ1) is 10.1. The molecule has 0 unspecified atom stereocenters. The van der Waals surface area contributed by atoms with Gasteiger partial charge < -0.3 is 9.64 Å². The minimum atomic E-state index is 0.0335. The van der Waals surface area contributed by atoms with E-state index in [2.05, 4.69) is 28.9 Å². The molecule has 1 aliphatic heterocycles. The highest BCUT2D eigenvalue weighted by molar-refractivity contribution is 9.10. The first-order valence-electron chi connectivity index (χ1n) is 6.86.